The lowest BCUT2D eigenvalue weighted by molar-refractivity contribution is -0.136. The summed E-state index contributed by atoms with van der Waals surface area (Å²) in [5.41, 5.74) is 9.75. The second kappa shape index (κ2) is 9.32. The maximum absolute atomic E-state index is 12.3. The summed E-state index contributed by atoms with van der Waals surface area (Å²) < 4.78 is 30.4. The van der Waals surface area contributed by atoms with Crippen molar-refractivity contribution in [3.63, 3.8) is 0 Å². The molecule has 0 aliphatic carbocycles. The summed E-state index contributed by atoms with van der Waals surface area (Å²) in [5, 5.41) is 9.10. The fraction of sp³-hybridized carbons (Fsp3) is 0.208. The van der Waals surface area contributed by atoms with Gasteiger partial charge >= 0.3 is 5.97 Å². The van der Waals surface area contributed by atoms with E-state index in [0.29, 0.717) is 16.9 Å². The highest BCUT2D eigenvalue weighted by Crippen LogP contribution is 2.28. The van der Waals surface area contributed by atoms with E-state index in [-0.39, 0.29) is 24.0 Å². The van der Waals surface area contributed by atoms with E-state index in [1.165, 1.54) is 0 Å². The first-order chi connectivity index (χ1) is 14.6. The van der Waals surface area contributed by atoms with Gasteiger partial charge in [0.2, 0.25) is 0 Å². The van der Waals surface area contributed by atoms with Gasteiger partial charge in [-0.3, -0.25) is 4.79 Å². The van der Waals surface area contributed by atoms with Crippen molar-refractivity contribution in [2.45, 2.75) is 30.9 Å². The third-order valence-corrected chi connectivity index (χ3v) is 5.94. The second-order valence-corrected chi connectivity index (χ2v) is 9.53. The van der Waals surface area contributed by atoms with Crippen LogP contribution < -0.4 is 10.5 Å². The van der Waals surface area contributed by atoms with E-state index in [4.69, 9.17) is 15.6 Å². The first-order valence-corrected chi connectivity index (χ1v) is 11.6. The van der Waals surface area contributed by atoms with Gasteiger partial charge in [-0.1, -0.05) is 36.4 Å². The Balaban J connectivity index is 1.97. The maximum Gasteiger partial charge on any atom is 0.307 e. The third kappa shape index (κ3) is 5.93. The number of hydrogen-bond acceptors (Lipinski definition) is 5. The minimum absolute atomic E-state index is 0.0972. The number of carboxylic acid groups (broad SMARTS) is 1. The number of carbonyl (C=O) groups is 1. The van der Waals surface area contributed by atoms with Crippen LogP contribution in [0.15, 0.2) is 71.6 Å². The summed E-state index contributed by atoms with van der Waals surface area (Å²) in [6, 6.07) is 19.5. The Hall–Kier alpha value is -3.16. The van der Waals surface area contributed by atoms with Gasteiger partial charge in [-0.2, -0.15) is 0 Å². The third-order valence-electron chi connectivity index (χ3n) is 4.85. The van der Waals surface area contributed by atoms with Crippen LogP contribution in [-0.2, 0) is 27.7 Å². The van der Waals surface area contributed by atoms with Crippen LogP contribution in [0.2, 0.25) is 0 Å². The molecular formula is C24H25NO5S. The number of rotatable bonds is 8. The molecule has 0 saturated carbocycles. The average molecular weight is 440 g/mol. The van der Waals surface area contributed by atoms with E-state index in [2.05, 4.69) is 0 Å². The molecule has 6 nitrogen and oxygen atoms in total. The minimum Gasteiger partial charge on any atom is -0.489 e. The van der Waals surface area contributed by atoms with Crippen LogP contribution in [0.4, 0.5) is 0 Å². The topological polar surface area (TPSA) is 107 Å². The van der Waals surface area contributed by atoms with Gasteiger partial charge in [-0.05, 0) is 59.5 Å². The molecule has 7 heteroatoms. The average Bonchev–Trinajstić information content (AvgIpc) is 2.72. The van der Waals surface area contributed by atoms with Crippen molar-refractivity contribution in [3.8, 4) is 16.9 Å². The highest BCUT2D eigenvalue weighted by molar-refractivity contribution is 7.90. The highest BCUT2D eigenvalue weighted by atomic mass is 32.2. The Morgan fingerprint density at radius 2 is 1.77 bits per heavy atom. The molecule has 0 bridgehead atoms. The van der Waals surface area contributed by atoms with Gasteiger partial charge in [-0.25, -0.2) is 8.42 Å². The minimum atomic E-state index is -3.45. The number of aliphatic carboxylic acids is 1. The predicted octanol–water partition coefficient (Wildman–Crippen LogP) is 3.98. The van der Waals surface area contributed by atoms with Gasteiger partial charge < -0.3 is 15.6 Å². The number of carboxylic acids is 1. The second-order valence-electron chi connectivity index (χ2n) is 7.52. The Labute approximate surface area is 182 Å². The summed E-state index contributed by atoms with van der Waals surface area (Å²) in [5.74, 6) is -0.499. The first kappa shape index (κ1) is 22.5. The molecule has 3 aromatic carbocycles. The van der Waals surface area contributed by atoms with Crippen molar-refractivity contribution in [1.82, 2.24) is 0 Å². The molecule has 0 radical (unpaired) electrons. The summed E-state index contributed by atoms with van der Waals surface area (Å²) in [6.07, 6.45) is 1.01. The fourth-order valence-electron chi connectivity index (χ4n) is 3.24. The Morgan fingerprint density at radius 3 is 2.45 bits per heavy atom. The fourth-order valence-corrected chi connectivity index (χ4v) is 3.95. The zero-order valence-corrected chi connectivity index (χ0v) is 18.2. The lowest BCUT2D eigenvalue weighted by Gasteiger charge is -2.14. The SMILES string of the molecule is C[C@@H](N)c1cccc(-c2cc(COc3ccccc3CC(=O)O)cc(S(C)(=O)=O)c2)c1. The van der Waals surface area contributed by atoms with E-state index < -0.39 is 15.8 Å². The Morgan fingerprint density at radius 1 is 1.03 bits per heavy atom. The van der Waals surface area contributed by atoms with Crippen LogP contribution in [0.1, 0.15) is 29.7 Å². The summed E-state index contributed by atoms with van der Waals surface area (Å²) >= 11 is 0. The first-order valence-electron chi connectivity index (χ1n) is 9.76. The number of sulfone groups is 1. The van der Waals surface area contributed by atoms with Crippen LogP contribution in [0, 0.1) is 0 Å². The summed E-state index contributed by atoms with van der Waals surface area (Å²) in [6.45, 7) is 1.99. The van der Waals surface area contributed by atoms with Crippen molar-refractivity contribution < 1.29 is 23.1 Å². The number of hydrogen-bond donors (Lipinski definition) is 2. The van der Waals surface area contributed by atoms with E-state index in [1.54, 1.807) is 36.4 Å². The lowest BCUT2D eigenvalue weighted by atomic mass is 9.99. The van der Waals surface area contributed by atoms with Crippen LogP contribution in [0.3, 0.4) is 0 Å². The molecule has 3 aromatic rings. The quantitative estimate of drug-likeness (QED) is 0.550. The van der Waals surface area contributed by atoms with E-state index in [9.17, 15) is 13.2 Å². The normalized spacial score (nSPS) is 12.4. The zero-order chi connectivity index (χ0) is 22.6. The van der Waals surface area contributed by atoms with Crippen molar-refractivity contribution in [2.75, 3.05) is 6.26 Å². The molecule has 0 fully saturated rings. The van der Waals surface area contributed by atoms with Crippen molar-refractivity contribution >= 4 is 15.8 Å². The number of ether oxygens (including phenoxy) is 1. The standard InChI is InChI=1S/C24H25NO5S/c1-16(25)18-7-5-8-19(12-18)21-10-17(11-22(13-21)31(2,28)29)15-30-23-9-4-3-6-20(23)14-24(26)27/h3-13,16H,14-15,25H2,1-2H3,(H,26,27)/t16-/m1/s1. The molecule has 0 aromatic heterocycles. The molecule has 0 unspecified atom stereocenters. The molecule has 162 valence electrons. The highest BCUT2D eigenvalue weighted by Gasteiger charge is 2.14. The molecule has 31 heavy (non-hydrogen) atoms. The van der Waals surface area contributed by atoms with Gasteiger partial charge in [-0.15, -0.1) is 0 Å². The molecule has 0 aliphatic rings. The Kier molecular flexibility index (Phi) is 6.77. The van der Waals surface area contributed by atoms with Crippen molar-refractivity contribution in [2.24, 2.45) is 5.73 Å². The zero-order valence-electron chi connectivity index (χ0n) is 17.4. The Bertz CT molecular complexity index is 1200. The molecule has 0 saturated heterocycles. The van der Waals surface area contributed by atoms with Gasteiger partial charge in [0.15, 0.2) is 9.84 Å². The van der Waals surface area contributed by atoms with Crippen LogP contribution in [0.5, 0.6) is 5.75 Å². The van der Waals surface area contributed by atoms with E-state index in [0.717, 1.165) is 22.9 Å². The van der Waals surface area contributed by atoms with Crippen molar-refractivity contribution in [1.29, 1.82) is 0 Å². The van der Waals surface area contributed by atoms with Gasteiger partial charge in [0, 0.05) is 17.9 Å². The molecule has 3 N–H and O–H groups in total. The number of para-hydroxylation sites is 1. The number of nitrogens with two attached hydrogens (primary N) is 1. The van der Waals surface area contributed by atoms with Gasteiger partial charge in [0.05, 0.1) is 11.3 Å². The van der Waals surface area contributed by atoms with Crippen molar-refractivity contribution in [3.05, 3.63) is 83.4 Å². The monoisotopic (exact) mass is 439 g/mol. The van der Waals surface area contributed by atoms with Gasteiger partial charge in [0.25, 0.3) is 0 Å². The molecule has 3 rings (SSSR count). The molecule has 0 amide bonds. The molecular weight excluding hydrogens is 414 g/mol. The van der Waals surface area contributed by atoms with E-state index in [1.807, 2.05) is 37.3 Å². The molecule has 0 spiro atoms. The van der Waals surface area contributed by atoms with E-state index >= 15 is 0 Å². The summed E-state index contributed by atoms with van der Waals surface area (Å²) in [4.78, 5) is 11.3. The predicted molar refractivity (Wildman–Crippen MR) is 120 cm³/mol. The van der Waals surface area contributed by atoms with Crippen LogP contribution >= 0.6 is 0 Å². The number of benzene rings is 3. The largest absolute Gasteiger partial charge is 0.489 e. The molecule has 1 atom stereocenters. The lowest BCUT2D eigenvalue weighted by Crippen LogP contribution is -2.06. The van der Waals surface area contributed by atoms with Crippen LogP contribution in [-0.4, -0.2) is 25.7 Å². The summed E-state index contributed by atoms with van der Waals surface area (Å²) in [7, 11) is -3.45. The van der Waals surface area contributed by atoms with Crippen LogP contribution in [0.25, 0.3) is 11.1 Å². The maximum atomic E-state index is 12.3. The smallest absolute Gasteiger partial charge is 0.307 e. The molecule has 0 aliphatic heterocycles. The molecule has 0 heterocycles. The van der Waals surface area contributed by atoms with Gasteiger partial charge in [0.1, 0.15) is 12.4 Å².